The Kier molecular flexibility index (Phi) is 3.63. The minimum Gasteiger partial charge on any atom is -0.379 e. The summed E-state index contributed by atoms with van der Waals surface area (Å²) < 4.78 is 5.75. The molecule has 0 bridgehead atoms. The van der Waals surface area contributed by atoms with Gasteiger partial charge in [-0.1, -0.05) is 0 Å². The number of hydrogen-bond acceptors (Lipinski definition) is 4. The van der Waals surface area contributed by atoms with Crippen LogP contribution >= 0.6 is 0 Å². The molecule has 18 heavy (non-hydrogen) atoms. The molecule has 0 aromatic carbocycles. The molecule has 3 aliphatic rings. The molecule has 0 aromatic rings. The lowest BCUT2D eigenvalue weighted by molar-refractivity contribution is -0.0892. The molecule has 3 fully saturated rings. The smallest absolute Gasteiger partial charge is 0.0662 e. The van der Waals surface area contributed by atoms with E-state index in [-0.39, 0.29) is 5.54 Å². The Morgan fingerprint density at radius 1 is 1.33 bits per heavy atom. The van der Waals surface area contributed by atoms with Gasteiger partial charge in [-0.25, -0.2) is 0 Å². The van der Waals surface area contributed by atoms with Crippen LogP contribution in [0.2, 0.25) is 0 Å². The Hall–Kier alpha value is -0.160. The lowest BCUT2D eigenvalue weighted by atomic mass is 9.87. The summed E-state index contributed by atoms with van der Waals surface area (Å²) in [5, 5.41) is 0. The van der Waals surface area contributed by atoms with Crippen molar-refractivity contribution in [2.24, 2.45) is 5.73 Å². The van der Waals surface area contributed by atoms with Gasteiger partial charge in [0, 0.05) is 38.3 Å². The zero-order valence-corrected chi connectivity index (χ0v) is 11.6. The fraction of sp³-hybridized carbons (Fsp3) is 1.00. The number of hydrogen-bond donors (Lipinski definition) is 1. The first-order valence-corrected chi connectivity index (χ1v) is 7.54. The summed E-state index contributed by atoms with van der Waals surface area (Å²) in [5.74, 6) is 0. The fourth-order valence-corrected chi connectivity index (χ4v) is 4.19. The van der Waals surface area contributed by atoms with Crippen LogP contribution in [0, 0.1) is 0 Å². The van der Waals surface area contributed by atoms with Gasteiger partial charge in [-0.15, -0.1) is 0 Å². The van der Waals surface area contributed by atoms with E-state index in [1.807, 2.05) is 0 Å². The van der Waals surface area contributed by atoms with Crippen LogP contribution in [-0.4, -0.2) is 66.8 Å². The highest BCUT2D eigenvalue weighted by atomic mass is 16.5. The first-order valence-electron chi connectivity index (χ1n) is 7.54. The van der Waals surface area contributed by atoms with Crippen LogP contribution in [0.4, 0.5) is 0 Å². The van der Waals surface area contributed by atoms with Crippen LogP contribution < -0.4 is 5.73 Å². The average molecular weight is 253 g/mol. The zero-order valence-electron chi connectivity index (χ0n) is 11.6. The second-order valence-corrected chi connectivity index (χ2v) is 6.38. The van der Waals surface area contributed by atoms with Gasteiger partial charge in [-0.3, -0.25) is 9.80 Å². The summed E-state index contributed by atoms with van der Waals surface area (Å²) in [7, 11) is 0. The highest BCUT2D eigenvalue weighted by molar-refractivity contribution is 5.01. The van der Waals surface area contributed by atoms with E-state index in [2.05, 4.69) is 16.7 Å². The minimum atomic E-state index is 0.117. The Morgan fingerprint density at radius 2 is 2.22 bits per heavy atom. The van der Waals surface area contributed by atoms with Crippen LogP contribution in [0.5, 0.6) is 0 Å². The average Bonchev–Trinajstić information content (AvgIpc) is 2.85. The third-order valence-electron chi connectivity index (χ3n) is 5.23. The van der Waals surface area contributed by atoms with Gasteiger partial charge in [0.15, 0.2) is 0 Å². The lowest BCUT2D eigenvalue weighted by Crippen LogP contribution is -2.67. The van der Waals surface area contributed by atoms with Crippen molar-refractivity contribution in [1.82, 2.24) is 9.80 Å². The molecule has 104 valence electrons. The maximum atomic E-state index is 6.13. The first-order chi connectivity index (χ1) is 8.75. The van der Waals surface area contributed by atoms with Crippen molar-refractivity contribution in [3.05, 3.63) is 0 Å². The molecule has 0 spiro atoms. The number of rotatable bonds is 2. The molecule has 0 radical (unpaired) electrons. The minimum absolute atomic E-state index is 0.117. The second kappa shape index (κ2) is 5.08. The molecular weight excluding hydrogens is 226 g/mol. The van der Waals surface area contributed by atoms with Crippen LogP contribution in [-0.2, 0) is 4.74 Å². The fourth-order valence-electron chi connectivity index (χ4n) is 4.19. The van der Waals surface area contributed by atoms with Gasteiger partial charge in [0.1, 0.15) is 0 Å². The van der Waals surface area contributed by atoms with E-state index in [0.29, 0.717) is 6.04 Å². The molecule has 0 aromatic heterocycles. The number of piperazine rings is 1. The SMILES string of the molecule is CC1CN2CCCC2CN1C1(CN)CCCOC1. The topological polar surface area (TPSA) is 41.7 Å². The number of ether oxygens (including phenoxy) is 1. The summed E-state index contributed by atoms with van der Waals surface area (Å²) in [6.07, 6.45) is 5.11. The van der Waals surface area contributed by atoms with Crippen molar-refractivity contribution < 1.29 is 4.74 Å². The van der Waals surface area contributed by atoms with Gasteiger partial charge in [0.2, 0.25) is 0 Å². The number of nitrogens with two attached hydrogens (primary N) is 1. The van der Waals surface area contributed by atoms with E-state index in [0.717, 1.165) is 32.2 Å². The quantitative estimate of drug-likeness (QED) is 0.785. The van der Waals surface area contributed by atoms with Crippen LogP contribution in [0.15, 0.2) is 0 Å². The second-order valence-electron chi connectivity index (χ2n) is 6.38. The largest absolute Gasteiger partial charge is 0.379 e. The van der Waals surface area contributed by atoms with Gasteiger partial charge in [0.05, 0.1) is 12.1 Å². The molecular formula is C14H27N3O. The van der Waals surface area contributed by atoms with Crippen molar-refractivity contribution in [3.8, 4) is 0 Å². The zero-order chi connectivity index (χ0) is 12.6. The summed E-state index contributed by atoms with van der Waals surface area (Å²) in [5.41, 5.74) is 6.25. The third-order valence-corrected chi connectivity index (χ3v) is 5.23. The van der Waals surface area contributed by atoms with Crippen molar-refractivity contribution >= 4 is 0 Å². The van der Waals surface area contributed by atoms with E-state index in [4.69, 9.17) is 10.5 Å². The molecule has 0 amide bonds. The van der Waals surface area contributed by atoms with E-state index in [1.165, 1.54) is 38.9 Å². The highest BCUT2D eigenvalue weighted by Crippen LogP contribution is 2.33. The summed E-state index contributed by atoms with van der Waals surface area (Å²) >= 11 is 0. The molecule has 3 unspecified atom stereocenters. The molecule has 4 nitrogen and oxygen atoms in total. The normalized spacial score (nSPS) is 43.0. The van der Waals surface area contributed by atoms with Gasteiger partial charge in [-0.05, 0) is 39.2 Å². The summed E-state index contributed by atoms with van der Waals surface area (Å²) in [6, 6.07) is 1.39. The van der Waals surface area contributed by atoms with E-state index < -0.39 is 0 Å². The van der Waals surface area contributed by atoms with Crippen molar-refractivity contribution in [2.45, 2.75) is 50.2 Å². The van der Waals surface area contributed by atoms with Gasteiger partial charge >= 0.3 is 0 Å². The van der Waals surface area contributed by atoms with E-state index in [9.17, 15) is 0 Å². The molecule has 3 rings (SSSR count). The number of fused-ring (bicyclic) bond motifs is 1. The Balaban J connectivity index is 1.76. The Morgan fingerprint density at radius 3 is 2.94 bits per heavy atom. The Bertz CT molecular complexity index is 291. The van der Waals surface area contributed by atoms with Crippen molar-refractivity contribution in [2.75, 3.05) is 39.4 Å². The lowest BCUT2D eigenvalue weighted by Gasteiger charge is -2.53. The molecule has 2 N–H and O–H groups in total. The van der Waals surface area contributed by atoms with Crippen molar-refractivity contribution in [3.63, 3.8) is 0 Å². The molecule has 3 aliphatic heterocycles. The predicted molar refractivity (Wildman–Crippen MR) is 72.6 cm³/mol. The molecule has 3 heterocycles. The van der Waals surface area contributed by atoms with Crippen LogP contribution in [0.25, 0.3) is 0 Å². The summed E-state index contributed by atoms with van der Waals surface area (Å²) in [4.78, 5) is 5.35. The van der Waals surface area contributed by atoms with Crippen LogP contribution in [0.1, 0.15) is 32.6 Å². The molecule has 3 atom stereocenters. The Labute approximate surface area is 110 Å². The number of nitrogens with zero attached hydrogens (tertiary/aromatic N) is 2. The predicted octanol–water partition coefficient (Wildman–Crippen LogP) is 0.663. The van der Waals surface area contributed by atoms with Gasteiger partial charge in [-0.2, -0.15) is 0 Å². The van der Waals surface area contributed by atoms with Gasteiger partial charge < -0.3 is 10.5 Å². The molecule has 4 heteroatoms. The first kappa shape index (κ1) is 12.9. The third kappa shape index (κ3) is 2.09. The van der Waals surface area contributed by atoms with E-state index in [1.54, 1.807) is 0 Å². The molecule has 0 aliphatic carbocycles. The van der Waals surface area contributed by atoms with Crippen LogP contribution in [0.3, 0.4) is 0 Å². The monoisotopic (exact) mass is 253 g/mol. The maximum Gasteiger partial charge on any atom is 0.0662 e. The standard InChI is InChI=1S/C14H27N3O/c1-12-8-16-6-2-4-13(16)9-17(12)14(10-15)5-3-7-18-11-14/h12-13H,2-11,15H2,1H3. The highest BCUT2D eigenvalue weighted by Gasteiger charge is 2.45. The van der Waals surface area contributed by atoms with Crippen molar-refractivity contribution in [1.29, 1.82) is 0 Å². The van der Waals surface area contributed by atoms with E-state index >= 15 is 0 Å². The summed E-state index contributed by atoms with van der Waals surface area (Å²) in [6.45, 7) is 8.56. The maximum absolute atomic E-state index is 6.13. The molecule has 3 saturated heterocycles. The van der Waals surface area contributed by atoms with Gasteiger partial charge in [0.25, 0.3) is 0 Å². The molecule has 0 saturated carbocycles.